The third-order valence-electron chi connectivity index (χ3n) is 9.80. The van der Waals surface area contributed by atoms with Gasteiger partial charge in [-0.2, -0.15) is 0 Å². The maximum Gasteiger partial charge on any atom is 0.136 e. The Balaban J connectivity index is 1.33. The van der Waals surface area contributed by atoms with Crippen molar-refractivity contribution < 1.29 is 25.0 Å². The highest BCUT2D eigenvalue weighted by Gasteiger charge is 2.20. The molecule has 0 N–H and O–H groups in total. The van der Waals surface area contributed by atoms with Crippen LogP contribution >= 0.6 is 0 Å². The topological polar surface area (TPSA) is 13.1 Å². The molecule has 0 bridgehead atoms. The molecule has 51 heavy (non-hydrogen) atoms. The van der Waals surface area contributed by atoms with E-state index >= 15 is 0 Å². The lowest BCUT2D eigenvalue weighted by Gasteiger charge is -2.20. The lowest BCUT2D eigenvalue weighted by atomic mass is 9.83. The number of benzene rings is 10. The van der Waals surface area contributed by atoms with Gasteiger partial charge >= 0.3 is 0 Å². The second-order valence-electron chi connectivity index (χ2n) is 12.4. The van der Waals surface area contributed by atoms with E-state index in [-0.39, 0.29) is 32.7 Å². The third kappa shape index (κ3) is 4.16. The fourth-order valence-corrected chi connectivity index (χ4v) is 7.63. The minimum atomic E-state index is -0.758. The van der Waals surface area contributed by atoms with Crippen LogP contribution in [0.1, 0.15) is 20.6 Å². The van der Waals surface area contributed by atoms with Crippen molar-refractivity contribution in [3.05, 3.63) is 182 Å². The van der Waals surface area contributed by atoms with E-state index < -0.39 is 107 Å². The molecule has 11 rings (SSSR count). The van der Waals surface area contributed by atoms with Crippen LogP contribution in [0.25, 0.3) is 109 Å². The quantitative estimate of drug-likeness (QED) is 0.172. The summed E-state index contributed by atoms with van der Waals surface area (Å²) in [4.78, 5) is 0. The molecule has 0 radical (unpaired) electrons. The molecule has 1 aromatic heterocycles. The molecule has 0 unspecified atom stereocenters. The molecular formula is C50H30O. The van der Waals surface area contributed by atoms with Crippen molar-refractivity contribution >= 4 is 75.8 Å². The molecule has 0 fully saturated rings. The lowest BCUT2D eigenvalue weighted by molar-refractivity contribution is 0.669. The van der Waals surface area contributed by atoms with E-state index in [4.69, 9.17) is 18.1 Å². The molecule has 0 aliphatic rings. The molecule has 0 atom stereocenters. The second kappa shape index (κ2) is 10.9. The Morgan fingerprint density at radius 3 is 1.67 bits per heavy atom. The summed E-state index contributed by atoms with van der Waals surface area (Å²) in [6, 6.07) is 18.7. The molecule has 1 heteroatoms. The Labute approximate surface area is 315 Å². The summed E-state index contributed by atoms with van der Waals surface area (Å²) in [6.45, 7) is 0. The third-order valence-corrected chi connectivity index (χ3v) is 9.80. The van der Waals surface area contributed by atoms with Crippen LogP contribution in [0.4, 0.5) is 0 Å². The summed E-state index contributed by atoms with van der Waals surface area (Å²) in [5.41, 5.74) is 2.65. The maximum atomic E-state index is 9.54. The molecule has 0 amide bonds. The average Bonchev–Trinajstić information content (AvgIpc) is 3.71. The van der Waals surface area contributed by atoms with Gasteiger partial charge in [0.2, 0.25) is 0 Å². The number of fused-ring (bicyclic) bond motifs is 9. The molecule has 10 aromatic carbocycles. The standard InChI is InChI=1S/C50H30O/c1-3-15-34-31(12-1)14-11-23-39(34)48-40-19-7-9-21-42(40)49(43-22-10-8-20-41(43)48)44-27-26-35(37-17-5-6-18-38(37)44)33-25-28-46-45(30-33)50-36-16-4-2-13-32(36)24-29-47(50)51-46/h1-30H/i1D,3D,7D,8D,9D,10D,11D,12D,14D,15D,19D,20D,21D,22D,23D. The van der Waals surface area contributed by atoms with E-state index in [1.54, 1.807) is 12.1 Å². The van der Waals surface area contributed by atoms with Crippen molar-refractivity contribution in [2.75, 3.05) is 0 Å². The number of furan rings is 1. The predicted molar refractivity (Wildman–Crippen MR) is 218 cm³/mol. The normalized spacial score (nSPS) is 16.0. The van der Waals surface area contributed by atoms with Gasteiger partial charge in [0.25, 0.3) is 0 Å². The van der Waals surface area contributed by atoms with Crippen LogP contribution in [-0.2, 0) is 0 Å². The van der Waals surface area contributed by atoms with Gasteiger partial charge in [0, 0.05) is 10.8 Å². The fraction of sp³-hybridized carbons (Fsp3) is 0. The second-order valence-corrected chi connectivity index (χ2v) is 12.4. The first-order chi connectivity index (χ1) is 31.5. The van der Waals surface area contributed by atoms with Crippen molar-refractivity contribution in [2.24, 2.45) is 0 Å². The van der Waals surface area contributed by atoms with Crippen LogP contribution < -0.4 is 0 Å². The van der Waals surface area contributed by atoms with Crippen LogP contribution in [0.15, 0.2) is 186 Å². The van der Waals surface area contributed by atoms with Crippen LogP contribution in [-0.4, -0.2) is 0 Å². The van der Waals surface area contributed by atoms with Crippen LogP contribution in [0.3, 0.4) is 0 Å². The summed E-state index contributed by atoms with van der Waals surface area (Å²) < 4.78 is 142. The summed E-state index contributed by atoms with van der Waals surface area (Å²) in [5, 5.41) is 3.42. The number of hydrogen-bond donors (Lipinski definition) is 0. The van der Waals surface area contributed by atoms with Crippen molar-refractivity contribution in [1.82, 2.24) is 0 Å². The molecule has 11 aromatic rings. The zero-order valence-electron chi connectivity index (χ0n) is 41.6. The first-order valence-electron chi connectivity index (χ1n) is 23.9. The Kier molecular flexibility index (Phi) is 3.70. The summed E-state index contributed by atoms with van der Waals surface area (Å²) >= 11 is 0. The minimum Gasteiger partial charge on any atom is -0.456 e. The highest BCUT2D eigenvalue weighted by Crippen LogP contribution is 2.48. The molecule has 0 spiro atoms. The zero-order chi connectivity index (χ0) is 46.5. The van der Waals surface area contributed by atoms with Gasteiger partial charge in [-0.3, -0.25) is 0 Å². The van der Waals surface area contributed by atoms with E-state index in [9.17, 15) is 6.85 Å². The number of rotatable bonds is 3. The fourth-order valence-electron chi connectivity index (χ4n) is 7.63. The van der Waals surface area contributed by atoms with Crippen molar-refractivity contribution in [3.8, 4) is 33.4 Å². The molecule has 0 saturated heterocycles. The van der Waals surface area contributed by atoms with Gasteiger partial charge < -0.3 is 4.42 Å². The largest absolute Gasteiger partial charge is 0.456 e. The summed E-state index contributed by atoms with van der Waals surface area (Å²) in [5.74, 6) is 0. The van der Waals surface area contributed by atoms with Crippen molar-refractivity contribution in [3.63, 3.8) is 0 Å². The van der Waals surface area contributed by atoms with Gasteiger partial charge in [-0.25, -0.2) is 0 Å². The first kappa shape index (κ1) is 17.3. The molecule has 1 nitrogen and oxygen atoms in total. The Morgan fingerprint density at radius 1 is 0.353 bits per heavy atom. The van der Waals surface area contributed by atoms with E-state index in [1.165, 1.54) is 0 Å². The summed E-state index contributed by atoms with van der Waals surface area (Å²) in [7, 11) is 0. The predicted octanol–water partition coefficient (Wildman–Crippen LogP) is 14.4. The van der Waals surface area contributed by atoms with Crippen LogP contribution in [0, 0.1) is 0 Å². The lowest BCUT2D eigenvalue weighted by Crippen LogP contribution is -1.93. The van der Waals surface area contributed by atoms with Crippen LogP contribution in [0.2, 0.25) is 0 Å². The van der Waals surface area contributed by atoms with E-state index in [0.717, 1.165) is 38.3 Å². The Hall–Kier alpha value is -6.70. The van der Waals surface area contributed by atoms with Gasteiger partial charge in [-0.1, -0.05) is 163 Å². The molecule has 236 valence electrons. The van der Waals surface area contributed by atoms with E-state index in [0.29, 0.717) is 21.9 Å². The highest BCUT2D eigenvalue weighted by atomic mass is 16.3. The Morgan fingerprint density at radius 2 is 0.922 bits per heavy atom. The van der Waals surface area contributed by atoms with Crippen LogP contribution in [0.5, 0.6) is 0 Å². The minimum absolute atomic E-state index is 0.0363. The first-order valence-corrected chi connectivity index (χ1v) is 16.4. The monoisotopic (exact) mass is 661 g/mol. The van der Waals surface area contributed by atoms with E-state index in [1.807, 2.05) is 66.7 Å². The van der Waals surface area contributed by atoms with Gasteiger partial charge in [-0.05, 0) is 105 Å². The van der Waals surface area contributed by atoms with Gasteiger partial charge in [0.15, 0.2) is 0 Å². The van der Waals surface area contributed by atoms with Gasteiger partial charge in [0.1, 0.15) is 11.2 Å². The average molecular weight is 662 g/mol. The van der Waals surface area contributed by atoms with Gasteiger partial charge in [-0.15, -0.1) is 0 Å². The Bertz CT molecular complexity index is 3970. The molecule has 0 aliphatic carbocycles. The van der Waals surface area contributed by atoms with Crippen molar-refractivity contribution in [1.29, 1.82) is 0 Å². The van der Waals surface area contributed by atoms with Gasteiger partial charge in [0.05, 0.1) is 20.6 Å². The molecule has 1 heterocycles. The van der Waals surface area contributed by atoms with Crippen molar-refractivity contribution in [2.45, 2.75) is 0 Å². The zero-order valence-corrected chi connectivity index (χ0v) is 26.6. The smallest absolute Gasteiger partial charge is 0.136 e. The van der Waals surface area contributed by atoms with E-state index in [2.05, 4.69) is 12.1 Å². The number of hydrogen-bond acceptors (Lipinski definition) is 1. The molecule has 0 aliphatic heterocycles. The molecular weight excluding hydrogens is 617 g/mol. The molecule has 0 saturated carbocycles. The summed E-state index contributed by atoms with van der Waals surface area (Å²) in [6.07, 6.45) is 0. The highest BCUT2D eigenvalue weighted by molar-refractivity contribution is 6.26. The SMILES string of the molecule is [2H]c1c([2H])c([2H])c2c(-c3c4c([2H])c([2H])c([2H])c([2H])c4c(-c4ccc(-c5ccc6oc7ccc8ccccc8c7c6c5)c5ccccc45)c4c([2H])c([2H])c([2H])c([2H])c34)c([2H])c([2H])c([2H])c2c1[2H]. The maximum absolute atomic E-state index is 9.54.